The van der Waals surface area contributed by atoms with Crippen LogP contribution in [0.2, 0.25) is 5.02 Å². The summed E-state index contributed by atoms with van der Waals surface area (Å²) in [6.07, 6.45) is -3.04. The Bertz CT molecular complexity index is 1820. The third-order valence-electron chi connectivity index (χ3n) is 8.41. The number of alkyl halides is 2. The van der Waals surface area contributed by atoms with Crippen LogP contribution in [0.5, 0.6) is 0 Å². The van der Waals surface area contributed by atoms with Gasteiger partial charge in [0.2, 0.25) is 5.91 Å². The number of nitrogens with one attached hydrogen (secondary N) is 1. The third-order valence-corrected chi connectivity index (χ3v) is 10.1. The number of halogens is 4. The van der Waals surface area contributed by atoms with E-state index in [-0.39, 0.29) is 47.3 Å². The molecule has 0 unspecified atom stereocenters. The fraction of sp³-hybridized carbons (Fsp3) is 0.382. The summed E-state index contributed by atoms with van der Waals surface area (Å²) in [6, 6.07) is 13.3. The van der Waals surface area contributed by atoms with Crippen molar-refractivity contribution in [3.63, 3.8) is 0 Å². The van der Waals surface area contributed by atoms with Crippen molar-refractivity contribution >= 4 is 45.3 Å². The maximum Gasteiger partial charge on any atom is 0.410 e. The van der Waals surface area contributed by atoms with Gasteiger partial charge in [-0.2, -0.15) is 8.42 Å². The van der Waals surface area contributed by atoms with Gasteiger partial charge in [0, 0.05) is 41.6 Å². The summed E-state index contributed by atoms with van der Waals surface area (Å²) in [5.41, 5.74) is 0.918. The highest BCUT2D eigenvalue weighted by molar-refractivity contribution is 7.86. The number of hydrogen-bond acceptors (Lipinski definition) is 8. The second-order valence-electron chi connectivity index (χ2n) is 12.0. The van der Waals surface area contributed by atoms with Crippen LogP contribution in [-0.4, -0.2) is 82.2 Å². The summed E-state index contributed by atoms with van der Waals surface area (Å²) in [6.45, 7) is 1.05. The normalized spacial score (nSPS) is 19.4. The van der Waals surface area contributed by atoms with E-state index < -0.39 is 76.8 Å². The molecule has 5 rings (SSSR count). The zero-order chi connectivity index (χ0) is 36.2. The van der Waals surface area contributed by atoms with Crippen molar-refractivity contribution in [2.45, 2.75) is 61.2 Å². The SMILES string of the molecule is COC(=O)N1C[C@H](OCCOS(=O)(=O)c2ccc(C)cc2)C[C@H]1C(=O)N(c1cccc(F)c1)[C@H](C(=O)NC1CC(F)(F)C1)c1ccccc1Cl. The molecule has 0 aromatic heterocycles. The van der Waals surface area contributed by atoms with Crippen molar-refractivity contribution < 1.29 is 49.6 Å². The van der Waals surface area contributed by atoms with Gasteiger partial charge in [0.25, 0.3) is 21.9 Å². The third kappa shape index (κ3) is 8.57. The zero-order valence-electron chi connectivity index (χ0n) is 27.1. The number of carbonyl (C=O) groups is 3. The molecule has 3 amide bonds. The summed E-state index contributed by atoms with van der Waals surface area (Å²) in [5.74, 6) is -5.38. The molecule has 1 saturated heterocycles. The van der Waals surface area contributed by atoms with Gasteiger partial charge in [-0.3, -0.25) is 23.6 Å². The molecule has 0 radical (unpaired) electrons. The minimum absolute atomic E-state index is 0.0351. The van der Waals surface area contributed by atoms with Gasteiger partial charge in [-0.05, 0) is 43.3 Å². The Hall–Kier alpha value is -4.18. The molecule has 1 aliphatic carbocycles. The fourth-order valence-corrected chi connectivity index (χ4v) is 7.06. The zero-order valence-corrected chi connectivity index (χ0v) is 28.6. The second kappa shape index (κ2) is 15.4. The van der Waals surface area contributed by atoms with Crippen LogP contribution >= 0.6 is 11.6 Å². The van der Waals surface area contributed by atoms with Gasteiger partial charge in [0.15, 0.2) is 0 Å². The molecule has 11 nitrogen and oxygen atoms in total. The minimum atomic E-state index is -4.08. The lowest BCUT2D eigenvalue weighted by Gasteiger charge is -2.39. The van der Waals surface area contributed by atoms with E-state index in [0.29, 0.717) is 0 Å². The molecule has 3 atom stereocenters. The van der Waals surface area contributed by atoms with Gasteiger partial charge in [-0.25, -0.2) is 18.0 Å². The molecule has 3 aromatic rings. The maximum atomic E-state index is 14.7. The highest BCUT2D eigenvalue weighted by atomic mass is 35.5. The van der Waals surface area contributed by atoms with E-state index in [1.165, 1.54) is 36.4 Å². The summed E-state index contributed by atoms with van der Waals surface area (Å²) in [4.78, 5) is 43.6. The molecular weight excluding hydrogens is 703 g/mol. The average Bonchev–Trinajstić information content (AvgIpc) is 3.49. The molecule has 1 saturated carbocycles. The standard InChI is InChI=1S/C34H35ClF3N3O8S/c1-21-10-12-26(13-11-21)50(45,46)49-15-14-48-25-17-29(40(20-25)33(44)47-2)32(43)41(24-7-5-6-22(36)16-24)30(27-8-3-4-9-28(27)35)31(42)39-23-18-34(37,38)19-23/h3-13,16,23,25,29-30H,14-15,17-20H2,1-2H3,(H,39,42)/t25-,29+,30+/m1/s1. The van der Waals surface area contributed by atoms with E-state index in [0.717, 1.165) is 34.6 Å². The van der Waals surface area contributed by atoms with E-state index in [1.807, 2.05) is 6.92 Å². The van der Waals surface area contributed by atoms with Crippen molar-refractivity contribution in [3.05, 3.63) is 94.8 Å². The number of aryl methyl sites for hydroxylation is 1. The van der Waals surface area contributed by atoms with Gasteiger partial charge in [-0.1, -0.05) is 53.6 Å². The maximum absolute atomic E-state index is 14.7. The van der Waals surface area contributed by atoms with Crippen LogP contribution < -0.4 is 10.2 Å². The number of rotatable bonds is 12. The Labute approximate surface area is 292 Å². The number of anilines is 1. The van der Waals surface area contributed by atoms with E-state index in [9.17, 15) is 36.0 Å². The topological polar surface area (TPSA) is 132 Å². The van der Waals surface area contributed by atoms with Crippen LogP contribution in [0.3, 0.4) is 0 Å². The van der Waals surface area contributed by atoms with E-state index >= 15 is 0 Å². The van der Waals surface area contributed by atoms with Crippen LogP contribution in [0, 0.1) is 12.7 Å². The molecule has 0 bridgehead atoms. The first-order chi connectivity index (χ1) is 23.7. The molecule has 1 aliphatic heterocycles. The van der Waals surface area contributed by atoms with E-state index in [2.05, 4.69) is 5.32 Å². The van der Waals surface area contributed by atoms with Gasteiger partial charge in [-0.15, -0.1) is 0 Å². The summed E-state index contributed by atoms with van der Waals surface area (Å²) < 4.78 is 83.1. The second-order valence-corrected chi connectivity index (χ2v) is 14.1. The quantitative estimate of drug-likeness (QED) is 0.193. The fourth-order valence-electron chi connectivity index (χ4n) is 5.93. The Balaban J connectivity index is 1.41. The monoisotopic (exact) mass is 737 g/mol. The molecule has 50 heavy (non-hydrogen) atoms. The molecule has 3 aromatic carbocycles. The average molecular weight is 738 g/mol. The number of ether oxygens (including phenoxy) is 2. The first kappa shape index (κ1) is 37.1. The Morgan fingerprint density at radius 1 is 1.04 bits per heavy atom. The Kier molecular flexibility index (Phi) is 11.4. The summed E-state index contributed by atoms with van der Waals surface area (Å²) >= 11 is 6.52. The first-order valence-electron chi connectivity index (χ1n) is 15.6. The van der Waals surface area contributed by atoms with Gasteiger partial charge in [0.1, 0.15) is 17.9 Å². The van der Waals surface area contributed by atoms with Crippen LogP contribution in [0.1, 0.15) is 36.4 Å². The molecule has 1 N–H and O–H groups in total. The number of nitrogens with zero attached hydrogens (tertiary/aromatic N) is 2. The van der Waals surface area contributed by atoms with Crippen molar-refractivity contribution in [1.29, 1.82) is 0 Å². The highest BCUT2D eigenvalue weighted by Gasteiger charge is 2.49. The lowest BCUT2D eigenvalue weighted by Crippen LogP contribution is -2.56. The molecule has 0 spiro atoms. The largest absolute Gasteiger partial charge is 0.453 e. The molecule has 1 heterocycles. The highest BCUT2D eigenvalue weighted by Crippen LogP contribution is 2.39. The van der Waals surface area contributed by atoms with Crippen molar-refractivity contribution in [3.8, 4) is 0 Å². The van der Waals surface area contributed by atoms with Crippen LogP contribution in [0.25, 0.3) is 0 Å². The summed E-state index contributed by atoms with van der Waals surface area (Å²) in [7, 11) is -2.97. The van der Waals surface area contributed by atoms with Crippen LogP contribution in [0.15, 0.2) is 77.7 Å². The van der Waals surface area contributed by atoms with Crippen molar-refractivity contribution in [1.82, 2.24) is 10.2 Å². The predicted molar refractivity (Wildman–Crippen MR) is 176 cm³/mol. The van der Waals surface area contributed by atoms with Crippen LogP contribution in [0.4, 0.5) is 23.7 Å². The van der Waals surface area contributed by atoms with Gasteiger partial charge in [0.05, 0.1) is 37.9 Å². The summed E-state index contributed by atoms with van der Waals surface area (Å²) in [5, 5.41) is 2.63. The van der Waals surface area contributed by atoms with Crippen LogP contribution in [-0.2, 0) is 33.4 Å². The molecular formula is C34H35ClF3N3O8S. The number of likely N-dealkylation sites (tertiary alicyclic amines) is 1. The Morgan fingerprint density at radius 2 is 1.74 bits per heavy atom. The molecule has 2 fully saturated rings. The number of amides is 3. The molecule has 16 heteroatoms. The lowest BCUT2D eigenvalue weighted by molar-refractivity contribution is -0.133. The molecule has 2 aliphatic rings. The minimum Gasteiger partial charge on any atom is -0.453 e. The smallest absolute Gasteiger partial charge is 0.410 e. The molecule has 268 valence electrons. The van der Waals surface area contributed by atoms with Crippen molar-refractivity contribution in [2.24, 2.45) is 0 Å². The number of methoxy groups -OCH3 is 1. The number of hydrogen-bond donors (Lipinski definition) is 1. The lowest BCUT2D eigenvalue weighted by atomic mass is 9.87. The predicted octanol–water partition coefficient (Wildman–Crippen LogP) is 5.41. The Morgan fingerprint density at radius 3 is 2.38 bits per heavy atom. The van der Waals surface area contributed by atoms with Gasteiger partial charge >= 0.3 is 6.09 Å². The first-order valence-corrected chi connectivity index (χ1v) is 17.4. The van der Waals surface area contributed by atoms with Gasteiger partial charge < -0.3 is 14.8 Å². The van der Waals surface area contributed by atoms with E-state index in [1.54, 1.807) is 24.3 Å². The van der Waals surface area contributed by atoms with Crippen molar-refractivity contribution in [2.75, 3.05) is 31.8 Å². The van der Waals surface area contributed by atoms with E-state index in [4.69, 9.17) is 25.3 Å². The number of benzene rings is 3. The number of carbonyl (C=O) groups excluding carboxylic acids is 3.